The van der Waals surface area contributed by atoms with Gasteiger partial charge in [0.2, 0.25) is 0 Å². The van der Waals surface area contributed by atoms with Crippen LogP contribution in [0.15, 0.2) is 30.3 Å². The van der Waals surface area contributed by atoms with Crippen molar-refractivity contribution in [2.45, 2.75) is 37.3 Å². The quantitative estimate of drug-likeness (QED) is 0.865. The first-order valence-electron chi connectivity index (χ1n) is 7.30. The van der Waals surface area contributed by atoms with Crippen LogP contribution in [0.4, 0.5) is 0 Å². The van der Waals surface area contributed by atoms with Gasteiger partial charge in [-0.1, -0.05) is 30.3 Å². The van der Waals surface area contributed by atoms with E-state index in [0.29, 0.717) is 17.9 Å². The largest absolute Gasteiger partial charge is 0.317 e. The van der Waals surface area contributed by atoms with Crippen LogP contribution in [-0.4, -0.2) is 25.2 Å². The summed E-state index contributed by atoms with van der Waals surface area (Å²) >= 11 is 0. The second-order valence-electron chi connectivity index (χ2n) is 5.72. The first-order valence-corrected chi connectivity index (χ1v) is 7.30. The fourth-order valence-electron chi connectivity index (χ4n) is 3.13. The molecule has 2 aliphatic rings. The molecule has 0 aromatic heterocycles. The summed E-state index contributed by atoms with van der Waals surface area (Å²) in [6.45, 7) is 2.11. The summed E-state index contributed by atoms with van der Waals surface area (Å²) in [6, 6.07) is 13.6. The number of piperidine rings is 1. The second kappa shape index (κ2) is 5.73. The van der Waals surface area contributed by atoms with Gasteiger partial charge in [0.1, 0.15) is 0 Å². The van der Waals surface area contributed by atoms with Gasteiger partial charge in [-0.3, -0.25) is 5.32 Å². The molecule has 100 valence electrons. The smallest absolute Gasteiger partial charge is 0.0984 e. The Bertz CT molecular complexity index is 445. The zero-order valence-electron chi connectivity index (χ0n) is 11.2. The molecular formula is C16H21N3. The van der Waals surface area contributed by atoms with Gasteiger partial charge in [-0.15, -0.1) is 0 Å². The van der Waals surface area contributed by atoms with Crippen molar-refractivity contribution in [1.29, 1.82) is 5.26 Å². The highest BCUT2D eigenvalue weighted by Gasteiger charge is 2.40. The van der Waals surface area contributed by atoms with Crippen LogP contribution < -0.4 is 10.6 Å². The summed E-state index contributed by atoms with van der Waals surface area (Å²) in [5, 5.41) is 16.3. The lowest BCUT2D eigenvalue weighted by Crippen LogP contribution is -2.42. The van der Waals surface area contributed by atoms with Crippen molar-refractivity contribution in [3.05, 3.63) is 35.9 Å². The van der Waals surface area contributed by atoms with Crippen molar-refractivity contribution in [3.63, 3.8) is 0 Å². The van der Waals surface area contributed by atoms with Crippen LogP contribution in [0.25, 0.3) is 0 Å². The molecule has 3 nitrogen and oxygen atoms in total. The Morgan fingerprint density at radius 2 is 1.95 bits per heavy atom. The van der Waals surface area contributed by atoms with Gasteiger partial charge in [0, 0.05) is 12.0 Å². The van der Waals surface area contributed by atoms with Crippen LogP contribution in [0.5, 0.6) is 0 Å². The van der Waals surface area contributed by atoms with Crippen LogP contribution in [0.1, 0.15) is 30.7 Å². The van der Waals surface area contributed by atoms with E-state index in [1.54, 1.807) is 0 Å². The van der Waals surface area contributed by atoms with Gasteiger partial charge in [0.05, 0.1) is 12.1 Å². The van der Waals surface area contributed by atoms with Crippen molar-refractivity contribution >= 4 is 0 Å². The lowest BCUT2D eigenvalue weighted by atomic mass is 9.91. The standard InChI is InChI=1S/C16H21N3/c17-11-16(13-6-8-18-9-7-13)19-15-10-14(15)12-4-2-1-3-5-12/h1-5,13-16,18-19H,6-10H2/t14-,15+,16?/m0/s1. The fourth-order valence-corrected chi connectivity index (χ4v) is 3.13. The molecule has 0 radical (unpaired) electrons. The number of hydrogen-bond acceptors (Lipinski definition) is 3. The molecule has 1 aromatic carbocycles. The molecule has 1 unspecified atom stereocenters. The molecule has 0 bridgehead atoms. The Morgan fingerprint density at radius 1 is 1.21 bits per heavy atom. The molecular weight excluding hydrogens is 234 g/mol. The lowest BCUT2D eigenvalue weighted by Gasteiger charge is -2.27. The predicted octanol–water partition coefficient (Wildman–Crippen LogP) is 2.02. The van der Waals surface area contributed by atoms with E-state index < -0.39 is 0 Å². The molecule has 1 aliphatic carbocycles. The minimum absolute atomic E-state index is 0.0285. The maximum Gasteiger partial charge on any atom is 0.0984 e. The maximum absolute atomic E-state index is 9.38. The summed E-state index contributed by atoms with van der Waals surface area (Å²) in [7, 11) is 0. The zero-order chi connectivity index (χ0) is 13.1. The lowest BCUT2D eigenvalue weighted by molar-refractivity contribution is 0.315. The van der Waals surface area contributed by atoms with Crippen LogP contribution in [-0.2, 0) is 0 Å². The van der Waals surface area contributed by atoms with Gasteiger partial charge in [0.15, 0.2) is 0 Å². The van der Waals surface area contributed by atoms with Gasteiger partial charge in [-0.25, -0.2) is 0 Å². The van der Waals surface area contributed by atoms with Gasteiger partial charge < -0.3 is 5.32 Å². The Hall–Kier alpha value is -1.37. The third-order valence-electron chi connectivity index (χ3n) is 4.41. The molecule has 3 rings (SSSR count). The molecule has 19 heavy (non-hydrogen) atoms. The molecule has 1 saturated heterocycles. The van der Waals surface area contributed by atoms with Crippen molar-refractivity contribution in [2.24, 2.45) is 5.92 Å². The number of nitrogens with one attached hydrogen (secondary N) is 2. The number of hydrogen-bond donors (Lipinski definition) is 2. The Balaban J connectivity index is 1.55. The SMILES string of the molecule is N#CC(N[C@@H]1C[C@H]1c1ccccc1)C1CCNCC1. The zero-order valence-corrected chi connectivity index (χ0v) is 11.2. The van der Waals surface area contributed by atoms with Crippen LogP contribution in [0.3, 0.4) is 0 Å². The van der Waals surface area contributed by atoms with E-state index in [1.165, 1.54) is 12.0 Å². The molecule has 3 heteroatoms. The number of nitrogens with zero attached hydrogens (tertiary/aromatic N) is 1. The minimum Gasteiger partial charge on any atom is -0.317 e. The first-order chi connectivity index (χ1) is 9.38. The normalized spacial score (nSPS) is 28.6. The highest BCUT2D eigenvalue weighted by Crippen LogP contribution is 2.41. The van der Waals surface area contributed by atoms with E-state index in [4.69, 9.17) is 0 Å². The van der Waals surface area contributed by atoms with Crippen LogP contribution in [0.2, 0.25) is 0 Å². The highest BCUT2D eigenvalue weighted by atomic mass is 15.0. The van der Waals surface area contributed by atoms with E-state index in [0.717, 1.165) is 25.9 Å². The van der Waals surface area contributed by atoms with Gasteiger partial charge in [0.25, 0.3) is 0 Å². The average molecular weight is 255 g/mol. The summed E-state index contributed by atoms with van der Waals surface area (Å²) in [5.74, 6) is 1.13. The van der Waals surface area contributed by atoms with E-state index >= 15 is 0 Å². The first kappa shape index (κ1) is 12.7. The van der Waals surface area contributed by atoms with Gasteiger partial charge >= 0.3 is 0 Å². The number of rotatable bonds is 4. The van der Waals surface area contributed by atoms with Crippen molar-refractivity contribution in [1.82, 2.24) is 10.6 Å². The third-order valence-corrected chi connectivity index (χ3v) is 4.41. The predicted molar refractivity (Wildman–Crippen MR) is 75.7 cm³/mol. The fraction of sp³-hybridized carbons (Fsp3) is 0.562. The summed E-state index contributed by atoms with van der Waals surface area (Å²) < 4.78 is 0. The van der Waals surface area contributed by atoms with Crippen LogP contribution in [0, 0.1) is 17.2 Å². The number of nitriles is 1. The molecule has 2 fully saturated rings. The Kier molecular flexibility index (Phi) is 3.82. The molecule has 0 spiro atoms. The Labute approximate surface area is 115 Å². The van der Waals surface area contributed by atoms with E-state index in [-0.39, 0.29) is 6.04 Å². The van der Waals surface area contributed by atoms with Crippen molar-refractivity contribution in [2.75, 3.05) is 13.1 Å². The highest BCUT2D eigenvalue weighted by molar-refractivity contribution is 5.28. The molecule has 1 heterocycles. The minimum atomic E-state index is 0.0285. The van der Waals surface area contributed by atoms with Gasteiger partial charge in [-0.05, 0) is 43.8 Å². The molecule has 1 saturated carbocycles. The molecule has 3 atom stereocenters. The third kappa shape index (κ3) is 2.97. The number of benzene rings is 1. The van der Waals surface area contributed by atoms with E-state index in [1.807, 2.05) is 0 Å². The molecule has 2 N–H and O–H groups in total. The summed E-state index contributed by atoms with van der Waals surface area (Å²) in [5.41, 5.74) is 1.40. The molecule has 0 amide bonds. The maximum atomic E-state index is 9.38. The Morgan fingerprint density at radius 3 is 2.63 bits per heavy atom. The second-order valence-corrected chi connectivity index (χ2v) is 5.72. The van der Waals surface area contributed by atoms with E-state index in [2.05, 4.69) is 47.0 Å². The average Bonchev–Trinajstić information content (AvgIpc) is 3.26. The van der Waals surface area contributed by atoms with Crippen molar-refractivity contribution in [3.8, 4) is 6.07 Å². The van der Waals surface area contributed by atoms with Crippen LogP contribution >= 0.6 is 0 Å². The monoisotopic (exact) mass is 255 g/mol. The summed E-state index contributed by atoms with van der Waals surface area (Å²) in [6.07, 6.45) is 3.41. The van der Waals surface area contributed by atoms with Crippen molar-refractivity contribution < 1.29 is 0 Å². The topological polar surface area (TPSA) is 47.9 Å². The van der Waals surface area contributed by atoms with E-state index in [9.17, 15) is 5.26 Å². The summed E-state index contributed by atoms with van der Waals surface area (Å²) in [4.78, 5) is 0. The van der Waals surface area contributed by atoms with Gasteiger partial charge in [-0.2, -0.15) is 5.26 Å². The molecule has 1 aliphatic heterocycles. The molecule has 1 aromatic rings.